The largest absolute Gasteiger partial charge is 0.387 e. The van der Waals surface area contributed by atoms with Gasteiger partial charge in [0.25, 0.3) is 0 Å². The molecule has 2 rings (SSSR count). The zero-order chi connectivity index (χ0) is 15.7. The summed E-state index contributed by atoms with van der Waals surface area (Å²) in [5, 5.41) is 10.5. The number of hydrogen-bond acceptors (Lipinski definition) is 3. The Balaban J connectivity index is 2.20. The van der Waals surface area contributed by atoms with Crippen molar-refractivity contribution in [3.8, 4) is 0 Å². The maximum atomic E-state index is 12.0. The maximum Gasteiger partial charge on any atom is 0.229 e. The minimum Gasteiger partial charge on any atom is -0.387 e. The first-order chi connectivity index (χ1) is 9.79. The van der Waals surface area contributed by atoms with Crippen LogP contribution in [0.3, 0.4) is 0 Å². The van der Waals surface area contributed by atoms with Gasteiger partial charge in [0.2, 0.25) is 11.8 Å². The van der Waals surface area contributed by atoms with E-state index in [4.69, 9.17) is 0 Å². The quantitative estimate of drug-likeness (QED) is 0.869. The van der Waals surface area contributed by atoms with Crippen molar-refractivity contribution in [2.24, 2.45) is 5.92 Å². The number of aryl methyl sites for hydroxylation is 3. The Bertz CT molecular complexity index is 538. The van der Waals surface area contributed by atoms with E-state index in [0.717, 1.165) is 22.3 Å². The molecule has 0 spiro atoms. The van der Waals surface area contributed by atoms with Crippen LogP contribution in [0.15, 0.2) is 12.1 Å². The van der Waals surface area contributed by atoms with E-state index < -0.39 is 6.10 Å². The summed E-state index contributed by atoms with van der Waals surface area (Å²) in [6, 6.07) is 4.01. The molecule has 1 fully saturated rings. The van der Waals surface area contributed by atoms with Crippen molar-refractivity contribution in [1.82, 2.24) is 4.90 Å². The first-order valence-electron chi connectivity index (χ1n) is 7.38. The summed E-state index contributed by atoms with van der Waals surface area (Å²) < 4.78 is 0. The highest BCUT2D eigenvalue weighted by Crippen LogP contribution is 2.26. The topological polar surface area (TPSA) is 57.6 Å². The van der Waals surface area contributed by atoms with E-state index >= 15 is 0 Å². The summed E-state index contributed by atoms with van der Waals surface area (Å²) >= 11 is 0. The van der Waals surface area contributed by atoms with E-state index in [2.05, 4.69) is 0 Å². The highest BCUT2D eigenvalue weighted by Gasteiger charge is 2.32. The second kappa shape index (κ2) is 5.98. The number of rotatable bonds is 3. The molecule has 4 heteroatoms. The van der Waals surface area contributed by atoms with Crippen molar-refractivity contribution in [3.63, 3.8) is 0 Å². The molecule has 1 aromatic rings. The highest BCUT2D eigenvalue weighted by molar-refractivity contribution is 5.97. The number of benzene rings is 1. The van der Waals surface area contributed by atoms with Crippen LogP contribution < -0.4 is 0 Å². The fourth-order valence-corrected chi connectivity index (χ4v) is 3.21. The van der Waals surface area contributed by atoms with Crippen LogP contribution in [0.5, 0.6) is 0 Å². The summed E-state index contributed by atoms with van der Waals surface area (Å²) in [5.41, 5.74) is 3.94. The van der Waals surface area contributed by atoms with Crippen molar-refractivity contribution in [3.05, 3.63) is 34.4 Å². The summed E-state index contributed by atoms with van der Waals surface area (Å²) in [7, 11) is 0. The highest BCUT2D eigenvalue weighted by atomic mass is 16.3. The van der Waals surface area contributed by atoms with E-state index in [1.807, 2.05) is 39.8 Å². The molecule has 0 aliphatic carbocycles. The molecule has 1 atom stereocenters. The summed E-state index contributed by atoms with van der Waals surface area (Å²) in [5.74, 6) is -0.262. The fraction of sp³-hybridized carbons (Fsp3) is 0.529. The van der Waals surface area contributed by atoms with E-state index in [0.29, 0.717) is 12.8 Å². The van der Waals surface area contributed by atoms with Crippen LogP contribution in [0.1, 0.15) is 48.1 Å². The Morgan fingerprint density at radius 1 is 1.14 bits per heavy atom. The number of imide groups is 1. The van der Waals surface area contributed by atoms with E-state index in [9.17, 15) is 14.7 Å². The Labute approximate surface area is 125 Å². The van der Waals surface area contributed by atoms with Crippen LogP contribution >= 0.6 is 0 Å². The van der Waals surface area contributed by atoms with Gasteiger partial charge in [0.15, 0.2) is 0 Å². The van der Waals surface area contributed by atoms with E-state index in [1.54, 1.807) is 0 Å². The third-order valence-corrected chi connectivity index (χ3v) is 4.08. The van der Waals surface area contributed by atoms with Gasteiger partial charge in [0.1, 0.15) is 0 Å². The summed E-state index contributed by atoms with van der Waals surface area (Å²) in [4.78, 5) is 25.2. The van der Waals surface area contributed by atoms with Crippen molar-refractivity contribution < 1.29 is 14.7 Å². The van der Waals surface area contributed by atoms with Gasteiger partial charge >= 0.3 is 0 Å². The lowest BCUT2D eigenvalue weighted by Gasteiger charge is -2.30. The average molecular weight is 289 g/mol. The Morgan fingerprint density at radius 2 is 1.62 bits per heavy atom. The van der Waals surface area contributed by atoms with Crippen LogP contribution in [0.25, 0.3) is 0 Å². The molecule has 1 heterocycles. The van der Waals surface area contributed by atoms with Gasteiger partial charge in [-0.1, -0.05) is 24.6 Å². The third-order valence-electron chi connectivity index (χ3n) is 4.08. The minimum atomic E-state index is -0.827. The number of carbonyl (C=O) groups is 2. The predicted octanol–water partition coefficient (Wildman–Crippen LogP) is 2.43. The molecule has 1 unspecified atom stereocenters. The molecular weight excluding hydrogens is 266 g/mol. The molecule has 0 aromatic heterocycles. The first kappa shape index (κ1) is 15.7. The third kappa shape index (κ3) is 3.32. The van der Waals surface area contributed by atoms with Crippen LogP contribution in [0, 0.1) is 26.7 Å². The van der Waals surface area contributed by atoms with Gasteiger partial charge in [0.05, 0.1) is 12.6 Å². The van der Waals surface area contributed by atoms with Crippen LogP contribution in [-0.4, -0.2) is 28.4 Å². The molecule has 0 saturated carbocycles. The first-order valence-corrected chi connectivity index (χ1v) is 7.38. The van der Waals surface area contributed by atoms with Crippen LogP contribution in [-0.2, 0) is 9.59 Å². The number of aliphatic hydroxyl groups is 1. The monoisotopic (exact) mass is 289 g/mol. The Morgan fingerprint density at radius 3 is 2.10 bits per heavy atom. The lowest BCUT2D eigenvalue weighted by Crippen LogP contribution is -2.44. The van der Waals surface area contributed by atoms with Crippen molar-refractivity contribution in [2.75, 3.05) is 6.54 Å². The van der Waals surface area contributed by atoms with Gasteiger partial charge in [-0.2, -0.15) is 0 Å². The van der Waals surface area contributed by atoms with E-state index in [1.165, 1.54) is 4.90 Å². The number of piperidine rings is 1. The molecule has 1 aliphatic heterocycles. The van der Waals surface area contributed by atoms with Crippen molar-refractivity contribution >= 4 is 11.8 Å². The van der Waals surface area contributed by atoms with Gasteiger partial charge in [-0.3, -0.25) is 14.5 Å². The molecule has 4 nitrogen and oxygen atoms in total. The molecule has 2 amide bonds. The molecule has 1 aromatic carbocycles. The molecule has 1 aliphatic rings. The molecule has 21 heavy (non-hydrogen) atoms. The number of aliphatic hydroxyl groups excluding tert-OH is 1. The van der Waals surface area contributed by atoms with Crippen LogP contribution in [0.4, 0.5) is 0 Å². The van der Waals surface area contributed by atoms with Crippen molar-refractivity contribution in [1.29, 1.82) is 0 Å². The number of β-amino-alcohol motifs (C(OH)–C–C–N with tert-alkyl or cyclic N) is 1. The van der Waals surface area contributed by atoms with Crippen LogP contribution in [0.2, 0.25) is 0 Å². The minimum absolute atomic E-state index is 0.0507. The lowest BCUT2D eigenvalue weighted by atomic mass is 9.93. The maximum absolute atomic E-state index is 12.0. The second-order valence-electron chi connectivity index (χ2n) is 6.24. The molecule has 114 valence electrons. The van der Waals surface area contributed by atoms with Gasteiger partial charge < -0.3 is 5.11 Å². The molecule has 1 saturated heterocycles. The number of hydrogen-bond donors (Lipinski definition) is 1. The average Bonchev–Trinajstić information content (AvgIpc) is 2.32. The molecule has 0 bridgehead atoms. The number of likely N-dealkylation sites (tertiary alicyclic amines) is 1. The van der Waals surface area contributed by atoms with Gasteiger partial charge in [-0.15, -0.1) is 0 Å². The van der Waals surface area contributed by atoms with Gasteiger partial charge in [-0.05, 0) is 43.4 Å². The Hall–Kier alpha value is -1.68. The van der Waals surface area contributed by atoms with Crippen molar-refractivity contribution in [2.45, 2.75) is 46.6 Å². The van der Waals surface area contributed by atoms with Gasteiger partial charge in [0, 0.05) is 12.8 Å². The second-order valence-corrected chi connectivity index (χ2v) is 6.24. The van der Waals surface area contributed by atoms with Gasteiger partial charge in [-0.25, -0.2) is 0 Å². The molecule has 1 N–H and O–H groups in total. The molecule has 0 radical (unpaired) electrons. The normalized spacial score (nSPS) is 18.2. The van der Waals surface area contributed by atoms with E-state index in [-0.39, 0.29) is 24.3 Å². The number of amides is 2. The standard InChI is InChI=1S/C17H23NO3/c1-10-5-12(3)17(13(4)6-10)14(19)9-18-15(20)7-11(2)8-16(18)21/h5-6,11,14,19H,7-9H2,1-4H3. The number of carbonyl (C=O) groups excluding carboxylic acids is 2. The summed E-state index contributed by atoms with van der Waals surface area (Å²) in [6.07, 6.45) is -0.0684. The molecular formula is C17H23NO3. The Kier molecular flexibility index (Phi) is 4.47. The zero-order valence-corrected chi connectivity index (χ0v) is 13.1. The predicted molar refractivity (Wildman–Crippen MR) is 80.7 cm³/mol. The SMILES string of the molecule is Cc1cc(C)c(C(O)CN2C(=O)CC(C)CC2=O)c(C)c1. The zero-order valence-electron chi connectivity index (χ0n) is 13.1. The lowest BCUT2D eigenvalue weighted by molar-refractivity contribution is -0.151. The number of nitrogens with zero attached hydrogens (tertiary/aromatic N) is 1. The fourth-order valence-electron chi connectivity index (χ4n) is 3.21. The smallest absolute Gasteiger partial charge is 0.229 e. The summed E-state index contributed by atoms with van der Waals surface area (Å²) in [6.45, 7) is 7.85.